The molecule has 0 atom stereocenters. The highest BCUT2D eigenvalue weighted by molar-refractivity contribution is 6.29. The van der Waals surface area contributed by atoms with Crippen LogP contribution >= 0.6 is 0 Å². The average Bonchev–Trinajstić information content (AvgIpc) is 3.53. The molecule has 0 aliphatic rings. The first-order valence-electron chi connectivity index (χ1n) is 18.1. The van der Waals surface area contributed by atoms with E-state index in [9.17, 15) is 0 Å². The molecular formula is C50H42O. The Morgan fingerprint density at radius 2 is 0.804 bits per heavy atom. The van der Waals surface area contributed by atoms with Gasteiger partial charge in [-0.05, 0) is 184 Å². The fraction of sp³-hybridized carbons (Fsp3) is 0.160. The minimum absolute atomic E-state index is 0.927. The third kappa shape index (κ3) is 4.47. The van der Waals surface area contributed by atoms with E-state index in [-0.39, 0.29) is 0 Å². The van der Waals surface area contributed by atoms with E-state index in [4.69, 9.17) is 4.42 Å². The summed E-state index contributed by atoms with van der Waals surface area (Å²) in [5.74, 6) is 0. The lowest BCUT2D eigenvalue weighted by Gasteiger charge is -2.27. The first-order chi connectivity index (χ1) is 24.7. The quantitative estimate of drug-likeness (QED) is 0.172. The molecule has 1 aromatic heterocycles. The van der Waals surface area contributed by atoms with Crippen molar-refractivity contribution in [3.8, 4) is 33.4 Å². The standard InChI is InChI=1S/C50H42O/c1-27-29(3)33(7)46-44(31(27)5)48(37-23-21-36(22-24-37)35-15-10-9-11-16-35)45-32(6)28(2)30(4)34(8)47(45)50(46)40-19-14-20-42-49(40)41-25-38-17-12-13-18-39(38)26-43(41)51-42/h9-26H,1-8H3. The number of benzene rings is 8. The third-order valence-electron chi connectivity index (χ3n) is 12.3. The summed E-state index contributed by atoms with van der Waals surface area (Å²) in [5.41, 5.74) is 20.3. The molecule has 1 nitrogen and oxygen atoms in total. The van der Waals surface area contributed by atoms with Crippen molar-refractivity contribution < 1.29 is 4.42 Å². The van der Waals surface area contributed by atoms with Crippen LogP contribution in [0.25, 0.3) is 87.6 Å². The van der Waals surface area contributed by atoms with Crippen molar-refractivity contribution in [1.29, 1.82) is 0 Å². The molecule has 51 heavy (non-hydrogen) atoms. The van der Waals surface area contributed by atoms with E-state index >= 15 is 0 Å². The number of aryl methyl sites for hydroxylation is 4. The van der Waals surface area contributed by atoms with Crippen molar-refractivity contribution in [2.45, 2.75) is 55.4 Å². The monoisotopic (exact) mass is 658 g/mol. The SMILES string of the molecule is Cc1c(C)c(C)c2c(-c3cccc4oc5cc6ccccc6cc5c34)c3c(C)c(C)c(C)c(C)c3c(-c3ccc(-c4ccccc4)cc3)c2c1C. The van der Waals surface area contributed by atoms with E-state index in [0.29, 0.717) is 0 Å². The van der Waals surface area contributed by atoms with Gasteiger partial charge in [0.15, 0.2) is 0 Å². The fourth-order valence-corrected chi connectivity index (χ4v) is 8.86. The van der Waals surface area contributed by atoms with Crippen LogP contribution in [0.4, 0.5) is 0 Å². The van der Waals surface area contributed by atoms with Crippen LogP contribution in [0.3, 0.4) is 0 Å². The van der Waals surface area contributed by atoms with E-state index in [1.165, 1.54) is 116 Å². The highest BCUT2D eigenvalue weighted by Crippen LogP contribution is 2.52. The number of fused-ring (bicyclic) bond motifs is 6. The van der Waals surface area contributed by atoms with Crippen LogP contribution in [0, 0.1) is 55.4 Å². The van der Waals surface area contributed by atoms with Crippen molar-refractivity contribution in [1.82, 2.24) is 0 Å². The van der Waals surface area contributed by atoms with Crippen molar-refractivity contribution in [2.75, 3.05) is 0 Å². The van der Waals surface area contributed by atoms with Crippen LogP contribution in [-0.2, 0) is 0 Å². The van der Waals surface area contributed by atoms with Gasteiger partial charge in [0, 0.05) is 10.8 Å². The lowest BCUT2D eigenvalue weighted by molar-refractivity contribution is 0.669. The second kappa shape index (κ2) is 11.4. The van der Waals surface area contributed by atoms with Crippen molar-refractivity contribution in [2.24, 2.45) is 0 Å². The van der Waals surface area contributed by atoms with Gasteiger partial charge in [-0.3, -0.25) is 0 Å². The number of furan rings is 1. The van der Waals surface area contributed by atoms with E-state index in [1.807, 2.05) is 0 Å². The predicted octanol–water partition coefficient (Wildman–Crippen LogP) is 14.5. The van der Waals surface area contributed by atoms with E-state index in [2.05, 4.69) is 165 Å². The van der Waals surface area contributed by atoms with Gasteiger partial charge in [-0.15, -0.1) is 0 Å². The zero-order valence-electron chi connectivity index (χ0n) is 30.8. The zero-order chi connectivity index (χ0) is 35.3. The summed E-state index contributed by atoms with van der Waals surface area (Å²) in [7, 11) is 0. The highest BCUT2D eigenvalue weighted by Gasteiger charge is 2.27. The zero-order valence-corrected chi connectivity index (χ0v) is 30.8. The van der Waals surface area contributed by atoms with Crippen LogP contribution < -0.4 is 0 Å². The maximum atomic E-state index is 6.68. The van der Waals surface area contributed by atoms with Crippen molar-refractivity contribution in [3.05, 3.63) is 154 Å². The van der Waals surface area contributed by atoms with Gasteiger partial charge in [0.05, 0.1) is 0 Å². The van der Waals surface area contributed by atoms with Crippen molar-refractivity contribution in [3.63, 3.8) is 0 Å². The summed E-state index contributed by atoms with van der Waals surface area (Å²) in [6, 6.07) is 39.8. The smallest absolute Gasteiger partial charge is 0.136 e. The lowest BCUT2D eigenvalue weighted by atomic mass is 9.76. The molecule has 8 aromatic carbocycles. The second-order valence-corrected chi connectivity index (χ2v) is 14.7. The molecule has 0 fully saturated rings. The Hall–Kier alpha value is -5.66. The third-order valence-corrected chi connectivity index (χ3v) is 12.3. The Labute approximate surface area is 300 Å². The minimum Gasteiger partial charge on any atom is -0.456 e. The van der Waals surface area contributed by atoms with Gasteiger partial charge in [-0.25, -0.2) is 0 Å². The largest absolute Gasteiger partial charge is 0.456 e. The van der Waals surface area contributed by atoms with Crippen molar-refractivity contribution >= 4 is 54.3 Å². The molecule has 0 saturated carbocycles. The molecule has 0 bridgehead atoms. The first-order valence-corrected chi connectivity index (χ1v) is 18.1. The molecule has 9 rings (SSSR count). The Morgan fingerprint density at radius 3 is 1.37 bits per heavy atom. The summed E-state index contributed by atoms with van der Waals surface area (Å²) in [6.07, 6.45) is 0. The average molecular weight is 659 g/mol. The molecule has 248 valence electrons. The van der Waals surface area contributed by atoms with E-state index in [0.717, 1.165) is 16.6 Å². The van der Waals surface area contributed by atoms with Crippen LogP contribution in [-0.4, -0.2) is 0 Å². The lowest BCUT2D eigenvalue weighted by Crippen LogP contribution is -2.03. The highest BCUT2D eigenvalue weighted by atomic mass is 16.3. The Balaban J connectivity index is 1.51. The summed E-state index contributed by atoms with van der Waals surface area (Å²) in [5, 5.41) is 10.2. The molecule has 0 unspecified atom stereocenters. The van der Waals surface area contributed by atoms with Gasteiger partial charge >= 0.3 is 0 Å². The maximum absolute atomic E-state index is 6.68. The first kappa shape index (κ1) is 31.3. The molecule has 1 heteroatoms. The van der Waals surface area contributed by atoms with E-state index in [1.54, 1.807) is 0 Å². The molecule has 9 aromatic rings. The molecule has 1 heterocycles. The van der Waals surface area contributed by atoms with Crippen LogP contribution in [0.1, 0.15) is 44.5 Å². The normalized spacial score (nSPS) is 11.9. The molecule has 0 radical (unpaired) electrons. The second-order valence-electron chi connectivity index (χ2n) is 14.7. The van der Waals surface area contributed by atoms with Gasteiger partial charge in [-0.1, -0.05) is 91.0 Å². The maximum Gasteiger partial charge on any atom is 0.136 e. The molecule has 0 aliphatic heterocycles. The molecule has 0 spiro atoms. The Bertz CT molecular complexity index is 2820. The summed E-state index contributed by atoms with van der Waals surface area (Å²) in [6.45, 7) is 18.6. The predicted molar refractivity (Wildman–Crippen MR) is 220 cm³/mol. The number of hydrogen-bond donors (Lipinski definition) is 0. The Morgan fingerprint density at radius 1 is 0.333 bits per heavy atom. The summed E-state index contributed by atoms with van der Waals surface area (Å²) >= 11 is 0. The van der Waals surface area contributed by atoms with Crippen LogP contribution in [0.5, 0.6) is 0 Å². The summed E-state index contributed by atoms with van der Waals surface area (Å²) < 4.78 is 6.68. The molecule has 0 saturated heterocycles. The van der Waals surface area contributed by atoms with Gasteiger partial charge in [0.1, 0.15) is 11.2 Å². The van der Waals surface area contributed by atoms with E-state index < -0.39 is 0 Å². The van der Waals surface area contributed by atoms with Gasteiger partial charge < -0.3 is 4.42 Å². The van der Waals surface area contributed by atoms with Gasteiger partial charge in [0.25, 0.3) is 0 Å². The molecule has 0 N–H and O–H groups in total. The molecule has 0 amide bonds. The number of hydrogen-bond acceptors (Lipinski definition) is 1. The number of rotatable bonds is 3. The fourth-order valence-electron chi connectivity index (χ4n) is 8.86. The molecular weight excluding hydrogens is 617 g/mol. The van der Waals surface area contributed by atoms with Crippen LogP contribution in [0.2, 0.25) is 0 Å². The minimum atomic E-state index is 0.927. The van der Waals surface area contributed by atoms with Gasteiger partial charge in [0.2, 0.25) is 0 Å². The van der Waals surface area contributed by atoms with Crippen LogP contribution in [0.15, 0.2) is 114 Å². The Kier molecular flexibility index (Phi) is 7.03. The topological polar surface area (TPSA) is 13.1 Å². The van der Waals surface area contributed by atoms with Gasteiger partial charge in [-0.2, -0.15) is 0 Å². The molecule has 0 aliphatic carbocycles. The summed E-state index contributed by atoms with van der Waals surface area (Å²) in [4.78, 5) is 0.